The predicted molar refractivity (Wildman–Crippen MR) is 125 cm³/mol. The number of aryl methyl sites for hydroxylation is 2. The summed E-state index contributed by atoms with van der Waals surface area (Å²) in [7, 11) is -3.99. The van der Waals surface area contributed by atoms with Crippen molar-refractivity contribution in [3.05, 3.63) is 101 Å². The summed E-state index contributed by atoms with van der Waals surface area (Å²) >= 11 is 0. The van der Waals surface area contributed by atoms with E-state index in [-0.39, 0.29) is 16.3 Å². The summed E-state index contributed by atoms with van der Waals surface area (Å²) in [6.07, 6.45) is -3.38. The van der Waals surface area contributed by atoms with Crippen LogP contribution in [-0.4, -0.2) is 24.4 Å². The van der Waals surface area contributed by atoms with Crippen LogP contribution in [0.3, 0.4) is 0 Å². The van der Waals surface area contributed by atoms with Crippen LogP contribution in [-0.2, 0) is 16.2 Å². The molecule has 1 aromatic heterocycles. The van der Waals surface area contributed by atoms with Crippen molar-refractivity contribution >= 4 is 16.2 Å². The summed E-state index contributed by atoms with van der Waals surface area (Å²) in [5, 5.41) is 3.74. The van der Waals surface area contributed by atoms with Gasteiger partial charge in [0.2, 0.25) is 0 Å². The second-order valence-electron chi connectivity index (χ2n) is 7.80. The van der Waals surface area contributed by atoms with Crippen molar-refractivity contribution in [1.29, 1.82) is 0 Å². The number of alkyl halides is 3. The molecule has 0 spiro atoms. The zero-order valence-corrected chi connectivity index (χ0v) is 19.1. The molecule has 4 aromatic rings. The summed E-state index contributed by atoms with van der Waals surface area (Å²) in [4.78, 5) is -0.0836. The molecule has 0 atom stereocenters. The van der Waals surface area contributed by atoms with Gasteiger partial charge in [-0.05, 0) is 49.7 Å². The van der Waals surface area contributed by atoms with Gasteiger partial charge in [0.15, 0.2) is 5.69 Å². The summed E-state index contributed by atoms with van der Waals surface area (Å²) in [6, 6.07) is 20.6. The number of aromatic nitrogens is 2. The number of hydrogen-bond donors (Lipinski definition) is 0. The second-order valence-corrected chi connectivity index (χ2v) is 9.44. The first-order valence-electron chi connectivity index (χ1n) is 10.2. The van der Waals surface area contributed by atoms with Gasteiger partial charge in [0.1, 0.15) is 0 Å². The Labute approximate surface area is 195 Å². The molecule has 0 aliphatic carbocycles. The SMILES string of the molecule is Cc1ccc(/C=N/S(=O)(=O)c2ccc(-n3nc(C(F)(F)F)cc3-c3ccc(C)cc3)cc2)cc1. The summed E-state index contributed by atoms with van der Waals surface area (Å²) in [6.45, 7) is 3.80. The fraction of sp³-hybridized carbons (Fsp3) is 0.120. The van der Waals surface area contributed by atoms with E-state index >= 15 is 0 Å². The van der Waals surface area contributed by atoms with E-state index in [2.05, 4.69) is 9.50 Å². The lowest BCUT2D eigenvalue weighted by Gasteiger charge is -2.09. The van der Waals surface area contributed by atoms with Crippen LogP contribution in [0.4, 0.5) is 13.2 Å². The molecule has 0 unspecified atom stereocenters. The first-order valence-corrected chi connectivity index (χ1v) is 11.7. The van der Waals surface area contributed by atoms with E-state index < -0.39 is 21.9 Å². The first kappa shape index (κ1) is 23.4. The molecule has 0 N–H and O–H groups in total. The van der Waals surface area contributed by atoms with Crippen LogP contribution >= 0.6 is 0 Å². The van der Waals surface area contributed by atoms with E-state index in [1.165, 1.54) is 30.5 Å². The van der Waals surface area contributed by atoms with Gasteiger partial charge in [0.05, 0.1) is 16.3 Å². The highest BCUT2D eigenvalue weighted by atomic mass is 32.2. The van der Waals surface area contributed by atoms with Crippen LogP contribution in [0.1, 0.15) is 22.4 Å². The van der Waals surface area contributed by atoms with Crippen LogP contribution in [0.2, 0.25) is 0 Å². The maximum atomic E-state index is 13.4. The summed E-state index contributed by atoms with van der Waals surface area (Å²) in [5.41, 5.74) is 2.66. The van der Waals surface area contributed by atoms with Gasteiger partial charge in [-0.1, -0.05) is 59.7 Å². The van der Waals surface area contributed by atoms with Crippen LogP contribution in [0.25, 0.3) is 16.9 Å². The molecule has 1 heterocycles. The molecule has 0 aliphatic rings. The molecule has 9 heteroatoms. The van der Waals surface area contributed by atoms with E-state index in [1.807, 2.05) is 26.0 Å². The van der Waals surface area contributed by atoms with Crippen LogP contribution < -0.4 is 0 Å². The first-order chi connectivity index (χ1) is 16.0. The molecule has 0 amide bonds. The minimum Gasteiger partial charge on any atom is -0.233 e. The van der Waals surface area contributed by atoms with Gasteiger partial charge in [-0.2, -0.15) is 31.1 Å². The number of sulfonamides is 1. The fourth-order valence-electron chi connectivity index (χ4n) is 3.25. The van der Waals surface area contributed by atoms with Crippen molar-refractivity contribution in [1.82, 2.24) is 9.78 Å². The van der Waals surface area contributed by atoms with Gasteiger partial charge >= 0.3 is 6.18 Å². The highest BCUT2D eigenvalue weighted by Crippen LogP contribution is 2.33. The Balaban J connectivity index is 1.69. The van der Waals surface area contributed by atoms with E-state index in [9.17, 15) is 21.6 Å². The Hall–Kier alpha value is -3.72. The maximum absolute atomic E-state index is 13.4. The lowest BCUT2D eigenvalue weighted by Crippen LogP contribution is -2.07. The fourth-order valence-corrected chi connectivity index (χ4v) is 4.11. The number of halogens is 3. The summed E-state index contributed by atoms with van der Waals surface area (Å²) < 4.78 is 70.2. The molecule has 5 nitrogen and oxygen atoms in total. The average molecular weight is 484 g/mol. The Bertz CT molecular complexity index is 1440. The van der Waals surface area contributed by atoms with Gasteiger partial charge in [-0.15, -0.1) is 0 Å². The number of hydrogen-bond acceptors (Lipinski definition) is 3. The third kappa shape index (κ3) is 5.09. The Morgan fingerprint density at radius 1 is 0.853 bits per heavy atom. The third-order valence-electron chi connectivity index (χ3n) is 5.14. The average Bonchev–Trinajstić information content (AvgIpc) is 3.25. The molecule has 174 valence electrons. The lowest BCUT2D eigenvalue weighted by atomic mass is 10.1. The minimum atomic E-state index is -4.63. The van der Waals surface area contributed by atoms with Gasteiger partial charge in [0, 0.05) is 11.8 Å². The van der Waals surface area contributed by atoms with Crippen molar-refractivity contribution in [3.8, 4) is 16.9 Å². The Morgan fingerprint density at radius 3 is 1.97 bits per heavy atom. The minimum absolute atomic E-state index is 0.0836. The van der Waals surface area contributed by atoms with Crippen molar-refractivity contribution in [2.24, 2.45) is 4.40 Å². The Kier molecular flexibility index (Phi) is 6.14. The monoisotopic (exact) mass is 483 g/mol. The van der Waals surface area contributed by atoms with Gasteiger partial charge in [0.25, 0.3) is 10.0 Å². The third-order valence-corrected chi connectivity index (χ3v) is 6.40. The molecular formula is C25H20F3N3O2S. The Morgan fingerprint density at radius 2 is 1.41 bits per heavy atom. The predicted octanol–water partition coefficient (Wildman–Crippen LogP) is 5.98. The van der Waals surface area contributed by atoms with Crippen molar-refractivity contribution in [2.75, 3.05) is 0 Å². The topological polar surface area (TPSA) is 64.3 Å². The van der Waals surface area contributed by atoms with Crippen LogP contribution in [0, 0.1) is 13.8 Å². The molecule has 0 saturated heterocycles. The molecule has 0 aliphatic heterocycles. The summed E-state index contributed by atoms with van der Waals surface area (Å²) in [5.74, 6) is 0. The molecule has 34 heavy (non-hydrogen) atoms. The molecule has 0 fully saturated rings. The van der Waals surface area contributed by atoms with Gasteiger partial charge in [-0.3, -0.25) is 0 Å². The van der Waals surface area contributed by atoms with Crippen molar-refractivity contribution < 1.29 is 21.6 Å². The maximum Gasteiger partial charge on any atom is 0.435 e. The van der Waals surface area contributed by atoms with Crippen LogP contribution in [0.15, 0.2) is 88.2 Å². The van der Waals surface area contributed by atoms with Crippen molar-refractivity contribution in [3.63, 3.8) is 0 Å². The van der Waals surface area contributed by atoms with E-state index in [0.717, 1.165) is 21.9 Å². The zero-order chi connectivity index (χ0) is 24.5. The normalized spacial score (nSPS) is 12.4. The van der Waals surface area contributed by atoms with E-state index in [4.69, 9.17) is 0 Å². The van der Waals surface area contributed by atoms with Gasteiger partial charge in [-0.25, -0.2) is 4.68 Å². The van der Waals surface area contributed by atoms with E-state index in [1.54, 1.807) is 36.4 Å². The largest absolute Gasteiger partial charge is 0.435 e. The zero-order valence-electron chi connectivity index (χ0n) is 18.3. The standard InChI is InChI=1S/C25H20F3N3O2S/c1-17-3-7-19(8-4-17)16-29-34(32,33)22-13-11-21(12-14-22)31-23(15-24(30-31)25(26,27)28)20-9-5-18(2)6-10-20/h3-16H,1-2H3/b29-16+. The van der Waals surface area contributed by atoms with Crippen molar-refractivity contribution in [2.45, 2.75) is 24.9 Å². The number of benzene rings is 3. The molecule has 3 aromatic carbocycles. The molecular weight excluding hydrogens is 463 g/mol. The highest BCUT2D eigenvalue weighted by Gasteiger charge is 2.35. The highest BCUT2D eigenvalue weighted by molar-refractivity contribution is 7.90. The smallest absolute Gasteiger partial charge is 0.233 e. The quantitative estimate of drug-likeness (QED) is 0.328. The number of nitrogens with zero attached hydrogens (tertiary/aromatic N) is 3. The van der Waals surface area contributed by atoms with Crippen LogP contribution in [0.5, 0.6) is 0 Å². The van der Waals surface area contributed by atoms with Gasteiger partial charge < -0.3 is 0 Å². The molecule has 0 bridgehead atoms. The molecule has 0 saturated carbocycles. The number of rotatable bonds is 5. The van der Waals surface area contributed by atoms with E-state index in [0.29, 0.717) is 11.1 Å². The lowest BCUT2D eigenvalue weighted by molar-refractivity contribution is -0.141. The second kappa shape index (κ2) is 8.90. The molecule has 0 radical (unpaired) electrons. The molecule has 4 rings (SSSR count).